The predicted molar refractivity (Wildman–Crippen MR) is 90.5 cm³/mol. The third-order valence-electron chi connectivity index (χ3n) is 4.87. The third kappa shape index (κ3) is 3.16. The van der Waals surface area contributed by atoms with Gasteiger partial charge in [-0.15, -0.1) is 0 Å². The number of carbonyl (C=O) groups is 1. The fourth-order valence-corrected chi connectivity index (χ4v) is 5.71. The zero-order chi connectivity index (χ0) is 17.4. The summed E-state index contributed by atoms with van der Waals surface area (Å²) in [5, 5.41) is 6.49. The molecule has 0 unspecified atom stereocenters. The molecule has 0 radical (unpaired) electrons. The quantitative estimate of drug-likeness (QED) is 0.821. The molecule has 25 heavy (non-hydrogen) atoms. The van der Waals surface area contributed by atoms with E-state index in [0.29, 0.717) is 25.3 Å². The Morgan fingerprint density at radius 3 is 2.72 bits per heavy atom. The molecular weight excluding hydrogens is 342 g/mol. The van der Waals surface area contributed by atoms with Crippen molar-refractivity contribution in [1.82, 2.24) is 25.0 Å². The highest BCUT2D eigenvalue weighted by molar-refractivity contribution is 7.91. The van der Waals surface area contributed by atoms with Crippen molar-refractivity contribution < 1.29 is 13.2 Å². The third-order valence-corrected chi connectivity index (χ3v) is 6.57. The van der Waals surface area contributed by atoms with E-state index in [9.17, 15) is 13.2 Å². The molecule has 9 heteroatoms. The van der Waals surface area contributed by atoms with Crippen LogP contribution in [0.5, 0.6) is 0 Å². The van der Waals surface area contributed by atoms with Gasteiger partial charge < -0.3 is 4.90 Å². The van der Waals surface area contributed by atoms with Gasteiger partial charge in [-0.05, 0) is 18.2 Å². The van der Waals surface area contributed by atoms with Gasteiger partial charge in [0.1, 0.15) is 5.69 Å². The maximum absolute atomic E-state index is 12.7. The van der Waals surface area contributed by atoms with Crippen molar-refractivity contribution in [3.63, 3.8) is 0 Å². The maximum Gasteiger partial charge on any atom is 0.272 e. The molecule has 1 amide bonds. The normalized spacial score (nSPS) is 25.7. The van der Waals surface area contributed by atoms with Gasteiger partial charge in [-0.1, -0.05) is 6.07 Å². The Morgan fingerprint density at radius 1 is 1.16 bits per heavy atom. The van der Waals surface area contributed by atoms with Crippen LogP contribution in [0.25, 0.3) is 0 Å². The van der Waals surface area contributed by atoms with Crippen LogP contribution in [0.15, 0.2) is 36.7 Å². The van der Waals surface area contributed by atoms with Crippen molar-refractivity contribution in [3.8, 4) is 0 Å². The second-order valence-corrected chi connectivity index (χ2v) is 8.63. The second kappa shape index (κ2) is 6.23. The molecule has 2 atom stereocenters. The highest BCUT2D eigenvalue weighted by Gasteiger charge is 2.48. The van der Waals surface area contributed by atoms with Crippen LogP contribution in [0, 0.1) is 0 Å². The van der Waals surface area contributed by atoms with Gasteiger partial charge in [0, 0.05) is 38.1 Å². The number of pyridine rings is 1. The molecule has 8 nitrogen and oxygen atoms in total. The summed E-state index contributed by atoms with van der Waals surface area (Å²) in [7, 11) is -3.17. The topological polar surface area (TPSA) is 99.3 Å². The Kier molecular flexibility index (Phi) is 4.04. The molecule has 4 heterocycles. The number of carbonyl (C=O) groups excluding carboxylic acids is 1. The van der Waals surface area contributed by atoms with Crippen LogP contribution in [0.2, 0.25) is 0 Å². The Labute approximate surface area is 145 Å². The summed E-state index contributed by atoms with van der Waals surface area (Å²) in [5.41, 5.74) is 1.29. The van der Waals surface area contributed by atoms with Crippen molar-refractivity contribution in [1.29, 1.82) is 0 Å². The fourth-order valence-electron chi connectivity index (χ4n) is 3.70. The molecule has 2 aliphatic heterocycles. The number of hydrogen-bond donors (Lipinski definition) is 1. The van der Waals surface area contributed by atoms with Gasteiger partial charge in [0.05, 0.1) is 23.2 Å². The SMILES string of the molecule is O=C(c1ccn[nH]1)N1CCN(Cc2ccccn2)[C@@H]2CS(=O)(=O)C[C@@H]21. The monoisotopic (exact) mass is 361 g/mol. The molecule has 2 aromatic heterocycles. The number of nitrogens with zero attached hydrogens (tertiary/aromatic N) is 4. The fraction of sp³-hybridized carbons (Fsp3) is 0.438. The van der Waals surface area contributed by atoms with E-state index < -0.39 is 9.84 Å². The van der Waals surface area contributed by atoms with Crippen LogP contribution >= 0.6 is 0 Å². The Bertz CT molecular complexity index is 853. The summed E-state index contributed by atoms with van der Waals surface area (Å²) >= 11 is 0. The molecule has 0 aromatic carbocycles. The molecular formula is C16H19N5O3S. The first kappa shape index (κ1) is 16.2. The van der Waals surface area contributed by atoms with E-state index in [2.05, 4.69) is 20.1 Å². The number of aromatic nitrogens is 3. The number of H-pyrrole nitrogens is 1. The van der Waals surface area contributed by atoms with E-state index in [0.717, 1.165) is 5.69 Å². The summed E-state index contributed by atoms with van der Waals surface area (Å²) in [4.78, 5) is 20.9. The molecule has 0 saturated carbocycles. The van der Waals surface area contributed by atoms with Gasteiger partial charge in [-0.3, -0.25) is 19.8 Å². The van der Waals surface area contributed by atoms with E-state index in [1.165, 1.54) is 6.20 Å². The first-order valence-corrected chi connectivity index (χ1v) is 10.0. The lowest BCUT2D eigenvalue weighted by Crippen LogP contribution is -2.60. The number of amides is 1. The zero-order valence-corrected chi connectivity index (χ0v) is 14.4. The lowest BCUT2D eigenvalue weighted by atomic mass is 10.0. The van der Waals surface area contributed by atoms with Crippen molar-refractivity contribution in [2.45, 2.75) is 18.6 Å². The molecule has 2 aromatic rings. The van der Waals surface area contributed by atoms with E-state index in [-0.39, 0.29) is 29.5 Å². The molecule has 2 saturated heterocycles. The highest BCUT2D eigenvalue weighted by Crippen LogP contribution is 2.28. The summed E-state index contributed by atoms with van der Waals surface area (Å²) in [5.74, 6) is -0.102. The van der Waals surface area contributed by atoms with Gasteiger partial charge in [0.2, 0.25) is 0 Å². The average Bonchev–Trinajstić information content (AvgIpc) is 3.22. The van der Waals surface area contributed by atoms with Crippen molar-refractivity contribution in [2.75, 3.05) is 24.6 Å². The molecule has 1 N–H and O–H groups in total. The first-order chi connectivity index (χ1) is 12.0. The number of fused-ring (bicyclic) bond motifs is 1. The van der Waals surface area contributed by atoms with E-state index in [1.807, 2.05) is 18.2 Å². The maximum atomic E-state index is 12.7. The summed E-state index contributed by atoms with van der Waals surface area (Å²) in [6.45, 7) is 1.69. The average molecular weight is 361 g/mol. The minimum atomic E-state index is -3.17. The minimum Gasteiger partial charge on any atom is -0.330 e. The standard InChI is InChI=1S/C16H19N5O3S/c22-16(13-4-6-18-19-13)21-8-7-20(9-12-3-1-2-5-17-12)14-10-25(23,24)11-15(14)21/h1-6,14-15H,7-11H2,(H,18,19)/t14-,15+/m1/s1. The number of nitrogens with one attached hydrogen (secondary N) is 1. The lowest BCUT2D eigenvalue weighted by Gasteiger charge is -2.43. The molecule has 2 aliphatic rings. The van der Waals surface area contributed by atoms with Crippen LogP contribution < -0.4 is 0 Å². The van der Waals surface area contributed by atoms with Gasteiger partial charge in [-0.25, -0.2) is 8.42 Å². The van der Waals surface area contributed by atoms with Crippen molar-refractivity contribution in [3.05, 3.63) is 48.0 Å². The number of rotatable bonds is 3. The first-order valence-electron chi connectivity index (χ1n) is 8.18. The molecule has 4 rings (SSSR count). The zero-order valence-electron chi connectivity index (χ0n) is 13.6. The molecule has 0 aliphatic carbocycles. The number of hydrogen-bond acceptors (Lipinski definition) is 6. The van der Waals surface area contributed by atoms with Crippen LogP contribution in [0.1, 0.15) is 16.2 Å². The lowest BCUT2D eigenvalue weighted by molar-refractivity contribution is 0.0298. The van der Waals surface area contributed by atoms with Crippen molar-refractivity contribution >= 4 is 15.7 Å². The smallest absolute Gasteiger partial charge is 0.272 e. The van der Waals surface area contributed by atoms with Crippen LogP contribution in [0.4, 0.5) is 0 Å². The van der Waals surface area contributed by atoms with Crippen LogP contribution in [0.3, 0.4) is 0 Å². The van der Waals surface area contributed by atoms with Crippen LogP contribution in [-0.2, 0) is 16.4 Å². The van der Waals surface area contributed by atoms with Gasteiger partial charge in [-0.2, -0.15) is 5.10 Å². The van der Waals surface area contributed by atoms with Gasteiger partial charge >= 0.3 is 0 Å². The molecule has 2 fully saturated rings. The van der Waals surface area contributed by atoms with E-state index >= 15 is 0 Å². The minimum absolute atomic E-state index is 0.0102. The van der Waals surface area contributed by atoms with Crippen LogP contribution in [-0.4, -0.2) is 76.0 Å². The van der Waals surface area contributed by atoms with Crippen molar-refractivity contribution in [2.24, 2.45) is 0 Å². The number of sulfone groups is 1. The predicted octanol–water partition coefficient (Wildman–Crippen LogP) is -0.0717. The Balaban J connectivity index is 1.59. The van der Waals surface area contributed by atoms with Gasteiger partial charge in [0.25, 0.3) is 5.91 Å². The second-order valence-electron chi connectivity index (χ2n) is 6.47. The Morgan fingerprint density at radius 2 is 2.00 bits per heavy atom. The summed E-state index contributed by atoms with van der Waals surface area (Å²) in [6, 6.07) is 6.78. The highest BCUT2D eigenvalue weighted by atomic mass is 32.2. The summed E-state index contributed by atoms with van der Waals surface area (Å²) in [6.07, 6.45) is 3.25. The molecule has 0 bridgehead atoms. The number of piperazine rings is 1. The number of aromatic amines is 1. The Hall–Kier alpha value is -2.26. The molecule has 132 valence electrons. The van der Waals surface area contributed by atoms with E-state index in [1.54, 1.807) is 17.2 Å². The largest absolute Gasteiger partial charge is 0.330 e. The van der Waals surface area contributed by atoms with E-state index in [4.69, 9.17) is 0 Å². The summed E-state index contributed by atoms with van der Waals surface area (Å²) < 4.78 is 24.5. The molecule has 0 spiro atoms. The van der Waals surface area contributed by atoms with Gasteiger partial charge in [0.15, 0.2) is 9.84 Å².